The van der Waals surface area contributed by atoms with Gasteiger partial charge in [0, 0.05) is 18.8 Å². The third-order valence-electron chi connectivity index (χ3n) is 6.26. The van der Waals surface area contributed by atoms with E-state index in [-0.39, 0.29) is 0 Å². The number of H-pyrrole nitrogens is 1. The third-order valence-corrected chi connectivity index (χ3v) is 6.26. The van der Waals surface area contributed by atoms with Crippen molar-refractivity contribution in [3.63, 3.8) is 0 Å². The fourth-order valence-corrected chi connectivity index (χ4v) is 4.88. The molecule has 0 radical (unpaired) electrons. The monoisotopic (exact) mass is 375 g/mol. The molecule has 1 saturated heterocycles. The molecule has 2 atom stereocenters. The van der Waals surface area contributed by atoms with E-state index in [9.17, 15) is 0 Å². The summed E-state index contributed by atoms with van der Waals surface area (Å²) in [6.45, 7) is 3.04. The topological polar surface area (TPSA) is 56.8 Å². The maximum absolute atomic E-state index is 4.86. The zero-order chi connectivity index (χ0) is 18.8. The van der Waals surface area contributed by atoms with Crippen LogP contribution in [0, 0.1) is 0 Å². The molecular formula is C23H29N5. The summed E-state index contributed by atoms with van der Waals surface area (Å²) in [7, 11) is 0. The number of para-hydroxylation sites is 2. The minimum Gasteiger partial charge on any atom is -0.341 e. The minimum absolute atomic E-state index is 0.377. The van der Waals surface area contributed by atoms with Crippen LogP contribution in [-0.4, -0.2) is 39.0 Å². The summed E-state index contributed by atoms with van der Waals surface area (Å²) >= 11 is 0. The van der Waals surface area contributed by atoms with Crippen LogP contribution in [0.15, 0.2) is 42.6 Å². The Balaban J connectivity index is 1.44. The van der Waals surface area contributed by atoms with Gasteiger partial charge >= 0.3 is 0 Å². The number of imidazole rings is 1. The summed E-state index contributed by atoms with van der Waals surface area (Å²) in [4.78, 5) is 15.8. The molecule has 5 heteroatoms. The average Bonchev–Trinajstić information content (AvgIpc) is 3.16. The van der Waals surface area contributed by atoms with Gasteiger partial charge in [0.1, 0.15) is 5.82 Å². The summed E-state index contributed by atoms with van der Waals surface area (Å²) in [5.74, 6) is 1.06. The molecule has 1 aromatic carbocycles. The molecule has 1 unspecified atom stereocenters. The SMILES string of the molecule is c1cnc2c(c1)CCCC2N(Cc1nc2ccccc2[nH]1)C[C@@H]1CCCCN1. The van der Waals surface area contributed by atoms with Crippen molar-refractivity contribution < 1.29 is 0 Å². The zero-order valence-electron chi connectivity index (χ0n) is 16.4. The molecule has 1 aliphatic carbocycles. The number of nitrogens with one attached hydrogen (secondary N) is 2. The summed E-state index contributed by atoms with van der Waals surface area (Å²) in [6.07, 6.45) is 9.41. The molecule has 146 valence electrons. The first-order chi connectivity index (χ1) is 13.9. The quantitative estimate of drug-likeness (QED) is 0.708. The van der Waals surface area contributed by atoms with E-state index in [0.717, 1.165) is 42.9 Å². The van der Waals surface area contributed by atoms with Gasteiger partial charge in [-0.25, -0.2) is 4.98 Å². The molecule has 0 spiro atoms. The molecule has 3 aromatic rings. The van der Waals surface area contributed by atoms with Gasteiger partial charge < -0.3 is 10.3 Å². The molecule has 5 nitrogen and oxygen atoms in total. The van der Waals surface area contributed by atoms with Gasteiger partial charge in [-0.05, 0) is 62.4 Å². The van der Waals surface area contributed by atoms with Crippen LogP contribution in [0.25, 0.3) is 11.0 Å². The number of hydrogen-bond donors (Lipinski definition) is 2. The lowest BCUT2D eigenvalue weighted by Gasteiger charge is -2.37. The first-order valence-corrected chi connectivity index (χ1v) is 10.7. The number of hydrogen-bond acceptors (Lipinski definition) is 4. The standard InChI is InChI=1S/C23H29N5/c1-2-11-20-19(10-1)26-22(27-20)16-28(15-18-9-3-4-13-24-18)21-12-5-7-17-8-6-14-25-23(17)21/h1-2,6,8,10-11,14,18,21,24H,3-5,7,9,12-13,15-16H2,(H,26,27)/t18-,21?/m0/s1. The zero-order valence-corrected chi connectivity index (χ0v) is 16.4. The van der Waals surface area contributed by atoms with Crippen LogP contribution in [0.5, 0.6) is 0 Å². The maximum Gasteiger partial charge on any atom is 0.121 e. The van der Waals surface area contributed by atoms with Crippen LogP contribution in [0.2, 0.25) is 0 Å². The number of piperidine rings is 1. The first-order valence-electron chi connectivity index (χ1n) is 10.7. The van der Waals surface area contributed by atoms with Crippen LogP contribution in [0.1, 0.15) is 55.2 Å². The first kappa shape index (κ1) is 17.8. The molecule has 0 amide bonds. The Morgan fingerprint density at radius 1 is 1.04 bits per heavy atom. The Morgan fingerprint density at radius 2 is 2.00 bits per heavy atom. The molecule has 2 aromatic heterocycles. The van der Waals surface area contributed by atoms with E-state index in [1.807, 2.05) is 6.20 Å². The van der Waals surface area contributed by atoms with E-state index in [1.165, 1.54) is 43.4 Å². The molecule has 0 bridgehead atoms. The molecular weight excluding hydrogens is 346 g/mol. The Morgan fingerprint density at radius 3 is 2.89 bits per heavy atom. The summed E-state index contributed by atoms with van der Waals surface area (Å²) < 4.78 is 0. The van der Waals surface area contributed by atoms with Crippen molar-refractivity contribution in [2.75, 3.05) is 13.1 Å². The number of aryl methyl sites for hydroxylation is 1. The molecule has 1 fully saturated rings. The Kier molecular flexibility index (Phi) is 5.10. The Hall–Kier alpha value is -2.24. The predicted molar refractivity (Wildman–Crippen MR) is 112 cm³/mol. The lowest BCUT2D eigenvalue weighted by atomic mass is 9.90. The lowest BCUT2D eigenvalue weighted by Crippen LogP contribution is -2.45. The highest BCUT2D eigenvalue weighted by atomic mass is 15.2. The fourth-order valence-electron chi connectivity index (χ4n) is 4.88. The van der Waals surface area contributed by atoms with Gasteiger partial charge in [0.15, 0.2) is 0 Å². The largest absolute Gasteiger partial charge is 0.341 e. The highest BCUT2D eigenvalue weighted by Crippen LogP contribution is 2.34. The second-order valence-corrected chi connectivity index (χ2v) is 8.23. The van der Waals surface area contributed by atoms with E-state index in [0.29, 0.717) is 12.1 Å². The van der Waals surface area contributed by atoms with Gasteiger partial charge in [0.25, 0.3) is 0 Å². The lowest BCUT2D eigenvalue weighted by molar-refractivity contribution is 0.137. The van der Waals surface area contributed by atoms with Gasteiger partial charge in [-0.1, -0.05) is 24.6 Å². The van der Waals surface area contributed by atoms with Crippen molar-refractivity contribution >= 4 is 11.0 Å². The minimum atomic E-state index is 0.377. The summed E-state index contributed by atoms with van der Waals surface area (Å²) in [5, 5.41) is 3.73. The summed E-state index contributed by atoms with van der Waals surface area (Å²) in [6, 6.07) is 13.6. The number of nitrogens with zero attached hydrogens (tertiary/aromatic N) is 3. The smallest absolute Gasteiger partial charge is 0.121 e. The number of benzene rings is 1. The number of aromatic amines is 1. The van der Waals surface area contributed by atoms with E-state index < -0.39 is 0 Å². The van der Waals surface area contributed by atoms with E-state index in [4.69, 9.17) is 9.97 Å². The number of fused-ring (bicyclic) bond motifs is 2. The van der Waals surface area contributed by atoms with Crippen LogP contribution in [-0.2, 0) is 13.0 Å². The third kappa shape index (κ3) is 3.69. The van der Waals surface area contributed by atoms with Crippen molar-refractivity contribution in [2.24, 2.45) is 0 Å². The molecule has 0 saturated carbocycles. The molecule has 28 heavy (non-hydrogen) atoms. The van der Waals surface area contributed by atoms with Crippen LogP contribution >= 0.6 is 0 Å². The van der Waals surface area contributed by atoms with Crippen molar-refractivity contribution in [1.29, 1.82) is 0 Å². The predicted octanol–water partition coefficient (Wildman–Crippen LogP) is 3.98. The number of aromatic nitrogens is 3. The van der Waals surface area contributed by atoms with E-state index in [2.05, 4.69) is 51.6 Å². The maximum atomic E-state index is 4.86. The average molecular weight is 376 g/mol. The van der Waals surface area contributed by atoms with Crippen molar-refractivity contribution in [3.05, 3.63) is 59.7 Å². The van der Waals surface area contributed by atoms with Crippen molar-refractivity contribution in [3.8, 4) is 0 Å². The van der Waals surface area contributed by atoms with Crippen molar-refractivity contribution in [2.45, 2.75) is 57.2 Å². The normalized spacial score (nSPS) is 22.5. The number of pyridine rings is 1. The van der Waals surface area contributed by atoms with Crippen LogP contribution in [0.3, 0.4) is 0 Å². The molecule has 1 aliphatic heterocycles. The second kappa shape index (κ2) is 8.02. The highest BCUT2D eigenvalue weighted by Gasteiger charge is 2.30. The van der Waals surface area contributed by atoms with Gasteiger partial charge in [0.05, 0.1) is 29.3 Å². The molecule has 2 aliphatic rings. The number of rotatable bonds is 5. The van der Waals surface area contributed by atoms with Gasteiger partial charge in [0.2, 0.25) is 0 Å². The van der Waals surface area contributed by atoms with Crippen molar-refractivity contribution in [1.82, 2.24) is 25.2 Å². The van der Waals surface area contributed by atoms with Crippen LogP contribution < -0.4 is 5.32 Å². The van der Waals surface area contributed by atoms with Crippen LogP contribution in [0.4, 0.5) is 0 Å². The van der Waals surface area contributed by atoms with E-state index in [1.54, 1.807) is 0 Å². The molecule has 3 heterocycles. The molecule has 2 N–H and O–H groups in total. The van der Waals surface area contributed by atoms with Gasteiger partial charge in [-0.3, -0.25) is 9.88 Å². The Bertz CT molecular complexity index is 894. The Labute approximate surface area is 166 Å². The van der Waals surface area contributed by atoms with Gasteiger partial charge in [-0.2, -0.15) is 0 Å². The van der Waals surface area contributed by atoms with E-state index >= 15 is 0 Å². The van der Waals surface area contributed by atoms with Gasteiger partial charge in [-0.15, -0.1) is 0 Å². The highest BCUT2D eigenvalue weighted by molar-refractivity contribution is 5.74. The summed E-state index contributed by atoms with van der Waals surface area (Å²) in [5.41, 5.74) is 4.87. The molecule has 5 rings (SSSR count). The fraction of sp³-hybridized carbons (Fsp3) is 0.478. The second-order valence-electron chi connectivity index (χ2n) is 8.23.